The number of hydrogen-bond acceptors (Lipinski definition) is 5. The summed E-state index contributed by atoms with van der Waals surface area (Å²) < 4.78 is 7.30. The highest BCUT2D eigenvalue weighted by atomic mass is 16.6. The second-order valence-corrected chi connectivity index (χ2v) is 7.24. The molecular formula is C16H29N5O2. The van der Waals surface area contributed by atoms with Crippen LogP contribution in [0.3, 0.4) is 0 Å². The first-order valence-corrected chi connectivity index (χ1v) is 8.40. The van der Waals surface area contributed by atoms with Gasteiger partial charge < -0.3 is 15.0 Å². The van der Waals surface area contributed by atoms with Gasteiger partial charge in [-0.3, -0.25) is 4.68 Å². The summed E-state index contributed by atoms with van der Waals surface area (Å²) in [5, 5.41) is 11.3. The average Bonchev–Trinajstić information content (AvgIpc) is 2.99. The number of carbonyl (C=O) groups excluding carboxylic acids is 1. The van der Waals surface area contributed by atoms with Crippen molar-refractivity contribution in [2.45, 2.75) is 58.7 Å². The first-order chi connectivity index (χ1) is 10.8. The highest BCUT2D eigenvalue weighted by Gasteiger charge is 2.29. The number of amides is 1. The average molecular weight is 323 g/mol. The minimum atomic E-state index is -0.439. The summed E-state index contributed by atoms with van der Waals surface area (Å²) in [7, 11) is 0. The normalized spacial score (nSPS) is 20.3. The zero-order chi connectivity index (χ0) is 16.9. The Morgan fingerprint density at radius 3 is 2.91 bits per heavy atom. The van der Waals surface area contributed by atoms with Crippen molar-refractivity contribution in [3.8, 4) is 0 Å². The van der Waals surface area contributed by atoms with Crippen LogP contribution in [0.1, 0.15) is 40.5 Å². The van der Waals surface area contributed by atoms with Gasteiger partial charge in [0.1, 0.15) is 5.60 Å². The molecule has 1 aromatic heterocycles. The van der Waals surface area contributed by atoms with E-state index in [0.29, 0.717) is 12.0 Å². The number of likely N-dealkylation sites (tertiary alicyclic amines) is 1. The van der Waals surface area contributed by atoms with Gasteiger partial charge in [-0.15, -0.1) is 5.10 Å². The largest absolute Gasteiger partial charge is 0.444 e. The molecule has 2 heterocycles. The number of nitrogens with zero attached hydrogens (tertiary/aromatic N) is 4. The number of piperidine rings is 1. The van der Waals surface area contributed by atoms with E-state index >= 15 is 0 Å². The molecule has 0 radical (unpaired) electrons. The van der Waals surface area contributed by atoms with Crippen molar-refractivity contribution in [3.05, 3.63) is 12.4 Å². The summed E-state index contributed by atoms with van der Waals surface area (Å²) in [4.78, 5) is 14.1. The van der Waals surface area contributed by atoms with Crippen LogP contribution in [0, 0.1) is 5.92 Å². The van der Waals surface area contributed by atoms with Crippen LogP contribution >= 0.6 is 0 Å². The maximum absolute atomic E-state index is 12.2. The molecule has 1 aliphatic rings. The van der Waals surface area contributed by atoms with Crippen molar-refractivity contribution in [1.29, 1.82) is 0 Å². The number of nitrogens with one attached hydrogen (secondary N) is 1. The Hall–Kier alpha value is -1.63. The van der Waals surface area contributed by atoms with Crippen molar-refractivity contribution in [2.75, 3.05) is 19.6 Å². The molecule has 2 atom stereocenters. The van der Waals surface area contributed by atoms with E-state index in [1.54, 1.807) is 6.20 Å². The molecule has 130 valence electrons. The Kier molecular flexibility index (Phi) is 5.98. The van der Waals surface area contributed by atoms with E-state index in [-0.39, 0.29) is 6.09 Å². The smallest absolute Gasteiger partial charge is 0.410 e. The number of rotatable bonds is 5. The van der Waals surface area contributed by atoms with Crippen LogP contribution < -0.4 is 5.32 Å². The fourth-order valence-electron chi connectivity index (χ4n) is 2.84. The van der Waals surface area contributed by atoms with Gasteiger partial charge in [0.2, 0.25) is 0 Å². The Morgan fingerprint density at radius 1 is 1.48 bits per heavy atom. The Morgan fingerprint density at radius 2 is 2.26 bits per heavy atom. The summed E-state index contributed by atoms with van der Waals surface area (Å²) in [6, 6.07) is 0.351. The summed E-state index contributed by atoms with van der Waals surface area (Å²) in [5.74, 6) is 0.451. The quantitative estimate of drug-likeness (QED) is 0.896. The van der Waals surface area contributed by atoms with Gasteiger partial charge >= 0.3 is 6.09 Å². The van der Waals surface area contributed by atoms with Crippen molar-refractivity contribution >= 4 is 6.09 Å². The van der Waals surface area contributed by atoms with E-state index in [0.717, 1.165) is 39.0 Å². The molecule has 1 aromatic rings. The van der Waals surface area contributed by atoms with Gasteiger partial charge in [-0.05, 0) is 46.5 Å². The summed E-state index contributed by atoms with van der Waals surface area (Å²) in [6.07, 6.45) is 5.51. The minimum Gasteiger partial charge on any atom is -0.444 e. The molecule has 1 saturated heterocycles. The molecule has 1 N–H and O–H groups in total. The molecule has 2 unspecified atom stereocenters. The molecule has 0 spiro atoms. The fourth-order valence-corrected chi connectivity index (χ4v) is 2.84. The van der Waals surface area contributed by atoms with Crippen molar-refractivity contribution in [3.63, 3.8) is 0 Å². The van der Waals surface area contributed by atoms with Gasteiger partial charge in [0.05, 0.1) is 12.7 Å². The lowest BCUT2D eigenvalue weighted by atomic mass is 9.92. The van der Waals surface area contributed by atoms with Gasteiger partial charge in [0.25, 0.3) is 0 Å². The van der Waals surface area contributed by atoms with Crippen LogP contribution in [-0.2, 0) is 11.3 Å². The third-order valence-corrected chi connectivity index (χ3v) is 4.10. The third kappa shape index (κ3) is 5.82. The molecule has 1 amide bonds. The molecule has 23 heavy (non-hydrogen) atoms. The summed E-state index contributed by atoms with van der Waals surface area (Å²) >= 11 is 0. The summed E-state index contributed by atoms with van der Waals surface area (Å²) in [6.45, 7) is 11.1. The molecule has 0 aromatic carbocycles. The van der Waals surface area contributed by atoms with Gasteiger partial charge in [-0.25, -0.2) is 4.79 Å². The minimum absolute atomic E-state index is 0.197. The van der Waals surface area contributed by atoms with Crippen molar-refractivity contribution < 1.29 is 9.53 Å². The predicted molar refractivity (Wildman–Crippen MR) is 88.0 cm³/mol. The Bertz CT molecular complexity index is 483. The van der Waals surface area contributed by atoms with E-state index in [1.807, 2.05) is 36.5 Å². The van der Waals surface area contributed by atoms with Crippen LogP contribution in [0.25, 0.3) is 0 Å². The fraction of sp³-hybridized carbons (Fsp3) is 0.812. The van der Waals surface area contributed by atoms with Gasteiger partial charge in [-0.1, -0.05) is 5.21 Å². The Labute approximate surface area is 138 Å². The Balaban J connectivity index is 1.76. The van der Waals surface area contributed by atoms with Crippen LogP contribution in [0.2, 0.25) is 0 Å². The number of carbonyl (C=O) groups is 1. The van der Waals surface area contributed by atoms with Crippen LogP contribution in [-0.4, -0.2) is 57.3 Å². The van der Waals surface area contributed by atoms with E-state index in [1.165, 1.54) is 0 Å². The van der Waals surface area contributed by atoms with Gasteiger partial charge in [0.15, 0.2) is 0 Å². The molecule has 0 bridgehead atoms. The molecular weight excluding hydrogens is 294 g/mol. The monoisotopic (exact) mass is 323 g/mol. The molecule has 0 aliphatic carbocycles. The highest BCUT2D eigenvalue weighted by Crippen LogP contribution is 2.21. The topological polar surface area (TPSA) is 72.3 Å². The second kappa shape index (κ2) is 7.77. The standard InChI is InChI=1S/C16H29N5O2/c1-13(17-7-10-21-11-8-18-19-21)14-6-5-9-20(12-14)15(22)23-16(2,3)4/h8,11,13-14,17H,5-7,9-10,12H2,1-4H3. The zero-order valence-electron chi connectivity index (χ0n) is 14.7. The molecule has 0 saturated carbocycles. The maximum atomic E-state index is 12.2. The number of hydrogen-bond donors (Lipinski definition) is 1. The van der Waals surface area contributed by atoms with E-state index in [4.69, 9.17) is 4.74 Å². The highest BCUT2D eigenvalue weighted by molar-refractivity contribution is 5.68. The first kappa shape index (κ1) is 17.7. The number of ether oxygens (including phenoxy) is 1. The molecule has 1 aliphatic heterocycles. The van der Waals surface area contributed by atoms with Crippen LogP contribution in [0.5, 0.6) is 0 Å². The molecule has 2 rings (SSSR count). The van der Waals surface area contributed by atoms with Crippen molar-refractivity contribution in [1.82, 2.24) is 25.2 Å². The first-order valence-electron chi connectivity index (χ1n) is 8.40. The van der Waals surface area contributed by atoms with E-state index < -0.39 is 5.60 Å². The second-order valence-electron chi connectivity index (χ2n) is 7.24. The van der Waals surface area contributed by atoms with E-state index in [2.05, 4.69) is 22.6 Å². The SMILES string of the molecule is CC(NCCn1ccnn1)C1CCCN(C(=O)OC(C)(C)C)C1. The third-order valence-electron chi connectivity index (χ3n) is 4.10. The van der Waals surface area contributed by atoms with E-state index in [9.17, 15) is 4.79 Å². The summed E-state index contributed by atoms with van der Waals surface area (Å²) in [5.41, 5.74) is -0.439. The molecule has 7 nitrogen and oxygen atoms in total. The van der Waals surface area contributed by atoms with Gasteiger partial charge in [-0.2, -0.15) is 0 Å². The van der Waals surface area contributed by atoms with Crippen LogP contribution in [0.15, 0.2) is 12.4 Å². The van der Waals surface area contributed by atoms with Crippen molar-refractivity contribution in [2.24, 2.45) is 5.92 Å². The van der Waals surface area contributed by atoms with Crippen LogP contribution in [0.4, 0.5) is 4.79 Å². The lowest BCUT2D eigenvalue weighted by molar-refractivity contribution is 0.0148. The lowest BCUT2D eigenvalue weighted by Crippen LogP contribution is -2.48. The predicted octanol–water partition coefficient (Wildman–Crippen LogP) is 1.90. The number of aromatic nitrogens is 3. The molecule has 7 heteroatoms. The zero-order valence-corrected chi connectivity index (χ0v) is 14.7. The lowest BCUT2D eigenvalue weighted by Gasteiger charge is -2.36. The van der Waals surface area contributed by atoms with Gasteiger partial charge in [0, 0.05) is 31.9 Å². The molecule has 1 fully saturated rings. The maximum Gasteiger partial charge on any atom is 0.410 e.